The average Bonchev–Trinajstić information content (AvgIpc) is 2.55. The zero-order valence-electron chi connectivity index (χ0n) is 13.6. The van der Waals surface area contributed by atoms with E-state index in [-0.39, 0.29) is 5.56 Å². The van der Waals surface area contributed by atoms with Gasteiger partial charge in [0.05, 0.1) is 5.56 Å². The van der Waals surface area contributed by atoms with Crippen LogP contribution in [0.25, 0.3) is 5.57 Å². The molecular formula is C19H20F3NO. The summed E-state index contributed by atoms with van der Waals surface area (Å²) in [7, 11) is 3.77. The van der Waals surface area contributed by atoms with Crippen molar-refractivity contribution in [3.8, 4) is 0 Å². The van der Waals surface area contributed by atoms with Gasteiger partial charge in [-0.15, -0.1) is 0 Å². The molecule has 2 aromatic carbocycles. The molecule has 2 rings (SSSR count). The number of aliphatic hydroxyl groups excluding tert-OH is 1. The standard InChI is InChI=1S/C19H20F3NO/c1-23(2)12-11-17(14-7-4-3-5-8-14)18(24)15-9-6-10-16(13-15)19(20,21)22/h3-11,13,18,24H,12H2,1-2H3/b17-11+. The Labute approximate surface area is 139 Å². The zero-order valence-corrected chi connectivity index (χ0v) is 13.6. The van der Waals surface area contributed by atoms with Crippen molar-refractivity contribution in [1.29, 1.82) is 0 Å². The lowest BCUT2D eigenvalue weighted by atomic mass is 9.93. The Hall–Kier alpha value is -2.11. The Kier molecular flexibility index (Phi) is 5.80. The van der Waals surface area contributed by atoms with Crippen molar-refractivity contribution in [3.05, 3.63) is 77.4 Å². The molecule has 0 saturated heterocycles. The van der Waals surface area contributed by atoms with Crippen LogP contribution in [0.2, 0.25) is 0 Å². The van der Waals surface area contributed by atoms with Gasteiger partial charge in [-0.05, 0) is 42.9 Å². The smallest absolute Gasteiger partial charge is 0.384 e. The summed E-state index contributed by atoms with van der Waals surface area (Å²) in [6, 6.07) is 14.0. The molecule has 2 aromatic rings. The van der Waals surface area contributed by atoms with Gasteiger partial charge in [0.25, 0.3) is 0 Å². The number of rotatable bonds is 5. The number of hydrogen-bond acceptors (Lipinski definition) is 2. The summed E-state index contributed by atoms with van der Waals surface area (Å²) >= 11 is 0. The summed E-state index contributed by atoms with van der Waals surface area (Å²) in [4.78, 5) is 1.92. The molecule has 0 aliphatic heterocycles. The highest BCUT2D eigenvalue weighted by Gasteiger charge is 2.31. The van der Waals surface area contributed by atoms with Crippen molar-refractivity contribution in [3.63, 3.8) is 0 Å². The largest absolute Gasteiger partial charge is 0.416 e. The number of halogens is 3. The number of likely N-dealkylation sites (N-methyl/N-ethyl adjacent to an activating group) is 1. The molecule has 0 amide bonds. The van der Waals surface area contributed by atoms with Crippen LogP contribution in [0.1, 0.15) is 22.8 Å². The Balaban J connectivity index is 2.41. The van der Waals surface area contributed by atoms with E-state index in [4.69, 9.17) is 0 Å². The lowest BCUT2D eigenvalue weighted by Crippen LogP contribution is -2.13. The molecular weight excluding hydrogens is 315 g/mol. The molecule has 0 fully saturated rings. The van der Waals surface area contributed by atoms with Crippen LogP contribution in [0.4, 0.5) is 13.2 Å². The van der Waals surface area contributed by atoms with Gasteiger partial charge in [0.1, 0.15) is 6.10 Å². The van der Waals surface area contributed by atoms with Gasteiger partial charge in [0, 0.05) is 6.54 Å². The predicted molar refractivity (Wildman–Crippen MR) is 89.4 cm³/mol. The summed E-state index contributed by atoms with van der Waals surface area (Å²) in [5.41, 5.74) is 0.825. The van der Waals surface area contributed by atoms with Crippen molar-refractivity contribution in [2.24, 2.45) is 0 Å². The van der Waals surface area contributed by atoms with Crippen molar-refractivity contribution in [2.45, 2.75) is 12.3 Å². The van der Waals surface area contributed by atoms with E-state index in [9.17, 15) is 18.3 Å². The van der Waals surface area contributed by atoms with Gasteiger partial charge < -0.3 is 10.0 Å². The number of nitrogens with zero attached hydrogens (tertiary/aromatic N) is 1. The van der Waals surface area contributed by atoms with E-state index in [2.05, 4.69) is 0 Å². The van der Waals surface area contributed by atoms with E-state index >= 15 is 0 Å². The second kappa shape index (κ2) is 7.64. The molecule has 0 saturated carbocycles. The maximum Gasteiger partial charge on any atom is 0.416 e. The predicted octanol–water partition coefficient (Wildman–Crippen LogP) is 4.38. The topological polar surface area (TPSA) is 23.5 Å². The third-order valence-electron chi connectivity index (χ3n) is 3.61. The van der Waals surface area contributed by atoms with E-state index in [1.807, 2.05) is 55.4 Å². The van der Waals surface area contributed by atoms with Crippen LogP contribution < -0.4 is 0 Å². The number of benzene rings is 2. The summed E-state index contributed by atoms with van der Waals surface area (Å²) in [5, 5.41) is 10.7. The minimum absolute atomic E-state index is 0.221. The first-order valence-electron chi connectivity index (χ1n) is 7.54. The number of alkyl halides is 3. The molecule has 0 spiro atoms. The quantitative estimate of drug-likeness (QED) is 0.876. The minimum atomic E-state index is -4.43. The molecule has 1 atom stereocenters. The summed E-state index contributed by atoms with van der Waals surface area (Å²) in [6.45, 7) is 0.570. The second-order valence-corrected chi connectivity index (χ2v) is 5.81. The third-order valence-corrected chi connectivity index (χ3v) is 3.61. The van der Waals surface area contributed by atoms with Crippen LogP contribution in [-0.2, 0) is 6.18 Å². The average molecular weight is 335 g/mol. The highest BCUT2D eigenvalue weighted by molar-refractivity contribution is 5.70. The lowest BCUT2D eigenvalue weighted by Gasteiger charge is -2.19. The first kappa shape index (κ1) is 18.2. The Morgan fingerprint density at radius 2 is 1.75 bits per heavy atom. The van der Waals surface area contributed by atoms with Gasteiger partial charge in [-0.3, -0.25) is 0 Å². The van der Waals surface area contributed by atoms with Crippen LogP contribution in [-0.4, -0.2) is 30.6 Å². The van der Waals surface area contributed by atoms with Crippen LogP contribution >= 0.6 is 0 Å². The van der Waals surface area contributed by atoms with Crippen molar-refractivity contribution < 1.29 is 18.3 Å². The molecule has 128 valence electrons. The molecule has 0 aromatic heterocycles. The molecule has 0 aliphatic rings. The first-order chi connectivity index (χ1) is 11.3. The molecule has 0 bridgehead atoms. The highest BCUT2D eigenvalue weighted by Crippen LogP contribution is 2.34. The van der Waals surface area contributed by atoms with Crippen LogP contribution in [0.3, 0.4) is 0 Å². The lowest BCUT2D eigenvalue weighted by molar-refractivity contribution is -0.137. The van der Waals surface area contributed by atoms with Gasteiger partial charge in [0.2, 0.25) is 0 Å². The van der Waals surface area contributed by atoms with E-state index in [0.29, 0.717) is 12.1 Å². The first-order valence-corrected chi connectivity index (χ1v) is 7.54. The molecule has 2 nitrogen and oxygen atoms in total. The Morgan fingerprint density at radius 3 is 2.33 bits per heavy atom. The van der Waals surface area contributed by atoms with Crippen LogP contribution in [0.5, 0.6) is 0 Å². The Bertz CT molecular complexity index is 693. The SMILES string of the molecule is CN(C)C/C=C(\c1ccccc1)C(O)c1cccc(C(F)(F)F)c1. The van der Waals surface area contributed by atoms with Gasteiger partial charge in [-0.25, -0.2) is 0 Å². The molecule has 0 heterocycles. The molecule has 1 N–H and O–H groups in total. The molecule has 5 heteroatoms. The fourth-order valence-electron chi connectivity index (χ4n) is 2.36. The second-order valence-electron chi connectivity index (χ2n) is 5.81. The number of aliphatic hydroxyl groups is 1. The fraction of sp³-hybridized carbons (Fsp3) is 0.263. The third kappa shape index (κ3) is 4.69. The summed E-state index contributed by atoms with van der Waals surface area (Å²) in [6.07, 6.45) is -3.73. The van der Waals surface area contributed by atoms with Gasteiger partial charge >= 0.3 is 6.18 Å². The molecule has 0 aliphatic carbocycles. The number of hydrogen-bond donors (Lipinski definition) is 1. The molecule has 0 radical (unpaired) electrons. The van der Waals surface area contributed by atoms with E-state index in [1.54, 1.807) is 0 Å². The Morgan fingerprint density at radius 1 is 1.08 bits per heavy atom. The van der Waals surface area contributed by atoms with E-state index < -0.39 is 17.8 Å². The molecule has 24 heavy (non-hydrogen) atoms. The molecule has 1 unspecified atom stereocenters. The normalized spacial score (nSPS) is 14.0. The summed E-state index contributed by atoms with van der Waals surface area (Å²) in [5.74, 6) is 0. The fourth-order valence-corrected chi connectivity index (χ4v) is 2.36. The zero-order chi connectivity index (χ0) is 17.7. The maximum atomic E-state index is 12.9. The van der Waals surface area contributed by atoms with Gasteiger partial charge in [-0.1, -0.05) is 48.5 Å². The van der Waals surface area contributed by atoms with Crippen molar-refractivity contribution >= 4 is 5.57 Å². The minimum Gasteiger partial charge on any atom is -0.384 e. The monoisotopic (exact) mass is 335 g/mol. The van der Waals surface area contributed by atoms with Gasteiger partial charge in [0.15, 0.2) is 0 Å². The van der Waals surface area contributed by atoms with Crippen molar-refractivity contribution in [2.75, 3.05) is 20.6 Å². The summed E-state index contributed by atoms with van der Waals surface area (Å²) < 4.78 is 38.7. The van der Waals surface area contributed by atoms with Crippen LogP contribution in [0.15, 0.2) is 60.7 Å². The maximum absolute atomic E-state index is 12.9. The van der Waals surface area contributed by atoms with E-state index in [0.717, 1.165) is 17.7 Å². The van der Waals surface area contributed by atoms with Crippen LogP contribution in [0, 0.1) is 0 Å². The van der Waals surface area contributed by atoms with Gasteiger partial charge in [-0.2, -0.15) is 13.2 Å². The highest BCUT2D eigenvalue weighted by atomic mass is 19.4. The van der Waals surface area contributed by atoms with Crippen molar-refractivity contribution in [1.82, 2.24) is 4.90 Å². The van der Waals surface area contributed by atoms with E-state index in [1.165, 1.54) is 12.1 Å².